The van der Waals surface area contributed by atoms with E-state index in [4.69, 9.17) is 14.5 Å². The molecule has 1 aromatic rings. The lowest BCUT2D eigenvalue weighted by Crippen LogP contribution is -2.58. The molecule has 0 radical (unpaired) electrons. The molecule has 1 N–H and O–H groups in total. The Hall–Kier alpha value is -1.99. The highest BCUT2D eigenvalue weighted by Gasteiger charge is 2.39. The van der Waals surface area contributed by atoms with Crippen LogP contribution in [0.3, 0.4) is 0 Å². The summed E-state index contributed by atoms with van der Waals surface area (Å²) in [7, 11) is 4.36. The number of hydrogen-bond donors (Lipinski definition) is 1. The number of fused-ring (bicyclic) bond motifs is 1. The molecule has 2 saturated heterocycles. The fraction of sp³-hybridized carbons (Fsp3) is 0.708. The summed E-state index contributed by atoms with van der Waals surface area (Å²) in [6.07, 6.45) is 6.43. The summed E-state index contributed by atoms with van der Waals surface area (Å²) >= 11 is 0. The number of rotatable bonds is 6. The summed E-state index contributed by atoms with van der Waals surface area (Å²) in [5.74, 6) is 2.65. The second kappa shape index (κ2) is 10.1. The van der Waals surface area contributed by atoms with Gasteiger partial charge in [0.2, 0.25) is 6.79 Å². The Morgan fingerprint density at radius 2 is 1.84 bits per heavy atom. The lowest BCUT2D eigenvalue weighted by atomic mass is 9.84. The first-order chi connectivity index (χ1) is 15.1. The molecule has 0 aromatic heterocycles. The van der Waals surface area contributed by atoms with Crippen molar-refractivity contribution in [1.29, 1.82) is 0 Å². The van der Waals surface area contributed by atoms with E-state index in [1.807, 2.05) is 6.07 Å². The van der Waals surface area contributed by atoms with Gasteiger partial charge in [0.25, 0.3) is 0 Å². The van der Waals surface area contributed by atoms with Crippen molar-refractivity contribution in [3.05, 3.63) is 23.8 Å². The Morgan fingerprint density at radius 1 is 1.10 bits per heavy atom. The van der Waals surface area contributed by atoms with Gasteiger partial charge in [0.1, 0.15) is 0 Å². The van der Waals surface area contributed by atoms with Crippen molar-refractivity contribution in [3.63, 3.8) is 0 Å². The number of nitrogens with one attached hydrogen (secondary N) is 1. The molecule has 3 aliphatic rings. The SMILES string of the molecule is CCNC(=NCC1(N2CCCCC2)CCN(C)CC1)N(C)Cc1ccc2c(c1)OCO2. The van der Waals surface area contributed by atoms with Gasteiger partial charge >= 0.3 is 0 Å². The highest BCUT2D eigenvalue weighted by molar-refractivity contribution is 5.79. The van der Waals surface area contributed by atoms with Crippen molar-refractivity contribution in [3.8, 4) is 11.5 Å². The summed E-state index contributed by atoms with van der Waals surface area (Å²) in [4.78, 5) is 12.6. The molecule has 0 amide bonds. The first kappa shape index (κ1) is 22.2. The molecule has 0 unspecified atom stereocenters. The van der Waals surface area contributed by atoms with Crippen molar-refractivity contribution in [2.45, 2.75) is 51.1 Å². The molecule has 3 aliphatic heterocycles. The molecule has 172 valence electrons. The average molecular weight is 430 g/mol. The predicted octanol–water partition coefficient (Wildman–Crippen LogP) is 2.76. The third-order valence-electron chi connectivity index (χ3n) is 7.02. The summed E-state index contributed by atoms with van der Waals surface area (Å²) < 4.78 is 11.0. The molecular weight excluding hydrogens is 390 g/mol. The molecule has 0 bridgehead atoms. The molecule has 0 spiro atoms. The zero-order valence-corrected chi connectivity index (χ0v) is 19.5. The molecular formula is C24H39N5O2. The monoisotopic (exact) mass is 429 g/mol. The maximum atomic E-state index is 5.55. The Kier molecular flexibility index (Phi) is 7.23. The van der Waals surface area contributed by atoms with E-state index in [0.717, 1.165) is 50.2 Å². The topological polar surface area (TPSA) is 52.6 Å². The standard InChI is InChI=1S/C24H39N5O2/c1-4-25-23(28(3)17-20-8-9-21-22(16-20)31-19-30-21)26-18-24(10-14-27(2)15-11-24)29-12-6-5-7-13-29/h8-9,16H,4-7,10-15,17-19H2,1-3H3,(H,25,26). The van der Waals surface area contributed by atoms with Crippen LogP contribution in [0.25, 0.3) is 0 Å². The highest BCUT2D eigenvalue weighted by Crippen LogP contribution is 2.33. The number of guanidine groups is 1. The molecule has 1 aromatic carbocycles. The molecule has 7 heteroatoms. The number of likely N-dealkylation sites (tertiary alicyclic amines) is 2. The predicted molar refractivity (Wildman–Crippen MR) is 125 cm³/mol. The molecule has 0 atom stereocenters. The van der Waals surface area contributed by atoms with E-state index in [0.29, 0.717) is 6.79 Å². The second-order valence-electron chi connectivity index (χ2n) is 9.29. The largest absolute Gasteiger partial charge is 0.454 e. The summed E-state index contributed by atoms with van der Waals surface area (Å²) in [6.45, 7) is 9.74. The lowest BCUT2D eigenvalue weighted by Gasteiger charge is -2.49. The van der Waals surface area contributed by atoms with Crippen LogP contribution < -0.4 is 14.8 Å². The summed E-state index contributed by atoms with van der Waals surface area (Å²) in [5, 5.41) is 3.51. The number of nitrogens with zero attached hydrogens (tertiary/aromatic N) is 4. The van der Waals surface area contributed by atoms with Crippen LogP contribution in [-0.2, 0) is 6.54 Å². The van der Waals surface area contributed by atoms with E-state index in [-0.39, 0.29) is 5.54 Å². The van der Waals surface area contributed by atoms with Gasteiger partial charge in [-0.15, -0.1) is 0 Å². The lowest BCUT2D eigenvalue weighted by molar-refractivity contribution is 0.0206. The van der Waals surface area contributed by atoms with Crippen molar-refractivity contribution in [2.75, 3.05) is 60.2 Å². The number of piperidine rings is 2. The zero-order valence-electron chi connectivity index (χ0n) is 19.5. The maximum Gasteiger partial charge on any atom is 0.231 e. The van der Waals surface area contributed by atoms with Crippen LogP contribution in [0, 0.1) is 0 Å². The molecule has 3 heterocycles. The van der Waals surface area contributed by atoms with Gasteiger partial charge in [0, 0.05) is 25.7 Å². The third-order valence-corrected chi connectivity index (χ3v) is 7.02. The maximum absolute atomic E-state index is 5.55. The quantitative estimate of drug-likeness (QED) is 0.554. The highest BCUT2D eigenvalue weighted by atomic mass is 16.7. The Labute approximate surface area is 187 Å². The third kappa shape index (κ3) is 5.26. The number of aliphatic imine (C=N–C) groups is 1. The number of ether oxygens (including phenoxy) is 2. The van der Waals surface area contributed by atoms with Gasteiger partial charge in [0.05, 0.1) is 6.54 Å². The van der Waals surface area contributed by atoms with E-state index < -0.39 is 0 Å². The van der Waals surface area contributed by atoms with E-state index in [9.17, 15) is 0 Å². The minimum absolute atomic E-state index is 0.202. The van der Waals surface area contributed by atoms with Crippen molar-refractivity contribution < 1.29 is 9.47 Å². The smallest absolute Gasteiger partial charge is 0.231 e. The van der Waals surface area contributed by atoms with Crippen LogP contribution >= 0.6 is 0 Å². The Balaban J connectivity index is 1.48. The molecule has 7 nitrogen and oxygen atoms in total. The van der Waals surface area contributed by atoms with Gasteiger partial charge in [-0.2, -0.15) is 0 Å². The number of benzene rings is 1. The van der Waals surface area contributed by atoms with E-state index >= 15 is 0 Å². The minimum Gasteiger partial charge on any atom is -0.454 e. The Bertz CT molecular complexity index is 754. The van der Waals surface area contributed by atoms with E-state index in [2.05, 4.69) is 53.2 Å². The Morgan fingerprint density at radius 3 is 2.58 bits per heavy atom. The number of hydrogen-bond acceptors (Lipinski definition) is 5. The van der Waals surface area contributed by atoms with Crippen LogP contribution in [0.5, 0.6) is 11.5 Å². The molecule has 0 saturated carbocycles. The van der Waals surface area contributed by atoms with Crippen molar-refractivity contribution >= 4 is 5.96 Å². The van der Waals surface area contributed by atoms with Gasteiger partial charge < -0.3 is 24.6 Å². The fourth-order valence-electron chi connectivity index (χ4n) is 5.06. The van der Waals surface area contributed by atoms with Crippen molar-refractivity contribution in [1.82, 2.24) is 20.0 Å². The average Bonchev–Trinajstić information content (AvgIpc) is 3.26. The molecule has 2 fully saturated rings. The minimum atomic E-state index is 0.202. The van der Waals surface area contributed by atoms with Crippen LogP contribution in [0.4, 0.5) is 0 Å². The zero-order chi connectivity index (χ0) is 21.7. The van der Waals surface area contributed by atoms with Crippen molar-refractivity contribution in [2.24, 2.45) is 4.99 Å². The van der Waals surface area contributed by atoms with Gasteiger partial charge in [-0.1, -0.05) is 12.5 Å². The second-order valence-corrected chi connectivity index (χ2v) is 9.29. The van der Waals surface area contributed by atoms with E-state index in [1.54, 1.807) is 0 Å². The molecule has 31 heavy (non-hydrogen) atoms. The fourth-order valence-corrected chi connectivity index (χ4v) is 5.06. The normalized spacial score (nSPS) is 21.8. The summed E-state index contributed by atoms with van der Waals surface area (Å²) in [6, 6.07) is 6.19. The molecule has 4 rings (SSSR count). The van der Waals surface area contributed by atoms with Crippen LogP contribution in [0.1, 0.15) is 44.6 Å². The van der Waals surface area contributed by atoms with Gasteiger partial charge in [-0.3, -0.25) is 9.89 Å². The van der Waals surface area contributed by atoms with Crippen LogP contribution in [0.2, 0.25) is 0 Å². The first-order valence-corrected chi connectivity index (χ1v) is 11.9. The molecule has 0 aliphatic carbocycles. The summed E-state index contributed by atoms with van der Waals surface area (Å²) in [5.41, 5.74) is 1.40. The van der Waals surface area contributed by atoms with Crippen LogP contribution in [-0.4, -0.2) is 86.4 Å². The first-order valence-electron chi connectivity index (χ1n) is 11.9. The van der Waals surface area contributed by atoms with Gasteiger partial charge in [-0.05, 0) is 83.5 Å². The van der Waals surface area contributed by atoms with Crippen LogP contribution in [0.15, 0.2) is 23.2 Å². The van der Waals surface area contributed by atoms with E-state index in [1.165, 1.54) is 50.8 Å². The van der Waals surface area contributed by atoms with Gasteiger partial charge in [-0.25, -0.2) is 0 Å². The van der Waals surface area contributed by atoms with Gasteiger partial charge in [0.15, 0.2) is 17.5 Å².